The van der Waals surface area contributed by atoms with Crippen LogP contribution in [0.5, 0.6) is 0 Å². The van der Waals surface area contributed by atoms with Gasteiger partial charge in [-0.05, 0) is 18.2 Å². The third-order valence-corrected chi connectivity index (χ3v) is 2.30. The topological polar surface area (TPSA) is 43.1 Å². The molecule has 0 unspecified atom stereocenters. The summed E-state index contributed by atoms with van der Waals surface area (Å²) in [5, 5.41) is 0. The van der Waals surface area contributed by atoms with Crippen LogP contribution in [0.1, 0.15) is 23.2 Å². The molecule has 0 aromatic heterocycles. The van der Waals surface area contributed by atoms with Gasteiger partial charge >= 0.3 is 0 Å². The molecule has 0 amide bonds. The fourth-order valence-corrected chi connectivity index (χ4v) is 1.49. The monoisotopic (exact) mass is 251 g/mol. The van der Waals surface area contributed by atoms with Crippen LogP contribution in [-0.4, -0.2) is 5.78 Å². The molecule has 1 aromatic carbocycles. The molecule has 0 heterocycles. The number of rotatable bonds is 3. The molecule has 0 radical (unpaired) electrons. The van der Waals surface area contributed by atoms with Crippen molar-refractivity contribution in [2.45, 2.75) is 12.8 Å². The molecule has 0 fully saturated rings. The molecule has 0 aliphatic carbocycles. The lowest BCUT2D eigenvalue weighted by Crippen LogP contribution is -2.03. The van der Waals surface area contributed by atoms with Crippen LogP contribution in [0.4, 0.5) is 5.69 Å². The largest absolute Gasteiger partial charge is 0.398 e. The van der Waals surface area contributed by atoms with Gasteiger partial charge in [0, 0.05) is 28.6 Å². The second-order valence-corrected chi connectivity index (χ2v) is 3.77. The highest BCUT2D eigenvalue weighted by atomic mass is 79.9. The Morgan fingerprint density at radius 3 is 2.86 bits per heavy atom. The van der Waals surface area contributed by atoms with Crippen LogP contribution < -0.4 is 5.73 Å². The second kappa shape index (κ2) is 4.83. The molecule has 1 aromatic rings. The molecule has 0 bridgehead atoms. The van der Waals surface area contributed by atoms with Gasteiger partial charge in [0.25, 0.3) is 0 Å². The molecule has 2 N–H and O–H groups in total. The molecular weight excluding hydrogens is 242 g/mol. The summed E-state index contributed by atoms with van der Waals surface area (Å²) in [7, 11) is 0. The van der Waals surface area contributed by atoms with Gasteiger partial charge in [-0.2, -0.15) is 0 Å². The number of nitrogen functional groups attached to an aromatic ring is 1. The molecular formula is C11H10BrNO. The fraction of sp³-hybridized carbons (Fsp3) is 0.182. The van der Waals surface area contributed by atoms with Crippen molar-refractivity contribution in [1.29, 1.82) is 0 Å². The van der Waals surface area contributed by atoms with Gasteiger partial charge < -0.3 is 5.73 Å². The highest BCUT2D eigenvalue weighted by Crippen LogP contribution is 2.20. The van der Waals surface area contributed by atoms with E-state index in [0.29, 0.717) is 24.1 Å². The highest BCUT2D eigenvalue weighted by Gasteiger charge is 2.08. The summed E-state index contributed by atoms with van der Waals surface area (Å²) in [5.74, 6) is 2.42. The van der Waals surface area contributed by atoms with Gasteiger partial charge in [-0.3, -0.25) is 4.79 Å². The van der Waals surface area contributed by atoms with Crippen LogP contribution in [0, 0.1) is 12.3 Å². The van der Waals surface area contributed by atoms with Crippen molar-refractivity contribution < 1.29 is 4.79 Å². The summed E-state index contributed by atoms with van der Waals surface area (Å²) >= 11 is 3.27. The van der Waals surface area contributed by atoms with Gasteiger partial charge in [-0.15, -0.1) is 12.3 Å². The SMILES string of the molecule is C#CCCC(=O)c1ccc(Br)cc1N. The van der Waals surface area contributed by atoms with Gasteiger partial charge in [0.15, 0.2) is 5.78 Å². The number of carbonyl (C=O) groups excluding carboxylic acids is 1. The quantitative estimate of drug-likeness (QED) is 0.510. The standard InChI is InChI=1S/C11H10BrNO/c1-2-3-4-11(14)9-6-5-8(12)7-10(9)13/h1,5-7H,3-4,13H2. The number of halogens is 1. The van der Waals surface area contributed by atoms with E-state index in [4.69, 9.17) is 12.2 Å². The molecule has 14 heavy (non-hydrogen) atoms. The molecule has 0 saturated carbocycles. The number of anilines is 1. The van der Waals surface area contributed by atoms with E-state index in [2.05, 4.69) is 21.9 Å². The minimum atomic E-state index is -0.00653. The average Bonchev–Trinajstić information content (AvgIpc) is 2.14. The van der Waals surface area contributed by atoms with Gasteiger partial charge in [-0.1, -0.05) is 15.9 Å². The summed E-state index contributed by atoms with van der Waals surface area (Å²) < 4.78 is 0.864. The Morgan fingerprint density at radius 2 is 2.29 bits per heavy atom. The molecule has 2 nitrogen and oxygen atoms in total. The Hall–Kier alpha value is -1.27. The Kier molecular flexibility index (Phi) is 3.73. The van der Waals surface area contributed by atoms with Crippen molar-refractivity contribution in [3.05, 3.63) is 28.2 Å². The molecule has 72 valence electrons. The Bertz CT molecular complexity index is 393. The number of ketones is 1. The third-order valence-electron chi connectivity index (χ3n) is 1.81. The first-order chi connectivity index (χ1) is 6.65. The van der Waals surface area contributed by atoms with Crippen molar-refractivity contribution in [3.63, 3.8) is 0 Å². The molecule has 3 heteroatoms. The lowest BCUT2D eigenvalue weighted by molar-refractivity contribution is 0.0985. The van der Waals surface area contributed by atoms with Crippen molar-refractivity contribution in [2.75, 3.05) is 5.73 Å². The van der Waals surface area contributed by atoms with Gasteiger partial charge in [-0.25, -0.2) is 0 Å². The maximum atomic E-state index is 11.5. The van der Waals surface area contributed by atoms with Crippen LogP contribution in [0.25, 0.3) is 0 Å². The zero-order chi connectivity index (χ0) is 10.6. The second-order valence-electron chi connectivity index (χ2n) is 2.86. The number of hydrogen-bond donors (Lipinski definition) is 1. The summed E-state index contributed by atoms with van der Waals surface area (Å²) in [6.45, 7) is 0. The van der Waals surface area contributed by atoms with Gasteiger partial charge in [0.05, 0.1) is 0 Å². The van der Waals surface area contributed by atoms with Crippen LogP contribution in [0.3, 0.4) is 0 Å². The van der Waals surface area contributed by atoms with E-state index in [1.54, 1.807) is 18.2 Å². The molecule has 0 aliphatic rings. The molecule has 0 atom stereocenters. The van der Waals surface area contributed by atoms with Gasteiger partial charge in [0.1, 0.15) is 0 Å². The van der Waals surface area contributed by atoms with E-state index in [0.717, 1.165) is 4.47 Å². The van der Waals surface area contributed by atoms with E-state index < -0.39 is 0 Å². The predicted octanol–water partition coefficient (Wildman–Crippen LogP) is 2.63. The Balaban J connectivity index is 2.86. The third kappa shape index (κ3) is 2.61. The number of nitrogens with two attached hydrogens (primary N) is 1. The number of terminal acetylenes is 1. The summed E-state index contributed by atoms with van der Waals surface area (Å²) in [6.07, 6.45) is 5.88. The average molecular weight is 252 g/mol. The molecule has 0 aliphatic heterocycles. The lowest BCUT2D eigenvalue weighted by atomic mass is 10.1. The minimum Gasteiger partial charge on any atom is -0.398 e. The first kappa shape index (κ1) is 10.8. The fourth-order valence-electron chi connectivity index (χ4n) is 1.11. The Labute approximate surface area is 91.6 Å². The number of hydrogen-bond acceptors (Lipinski definition) is 2. The summed E-state index contributed by atoms with van der Waals surface area (Å²) in [5.41, 5.74) is 6.72. The molecule has 0 spiro atoms. The zero-order valence-electron chi connectivity index (χ0n) is 7.59. The van der Waals surface area contributed by atoms with Crippen molar-refractivity contribution >= 4 is 27.4 Å². The maximum Gasteiger partial charge on any atom is 0.165 e. The minimum absolute atomic E-state index is 0.00653. The normalized spacial score (nSPS) is 9.43. The molecule has 1 rings (SSSR count). The first-order valence-corrected chi connectivity index (χ1v) is 4.96. The van der Waals surface area contributed by atoms with E-state index in [1.165, 1.54) is 0 Å². The predicted molar refractivity (Wildman–Crippen MR) is 61.0 cm³/mol. The number of carbonyl (C=O) groups is 1. The molecule has 0 saturated heterocycles. The zero-order valence-corrected chi connectivity index (χ0v) is 9.17. The van der Waals surface area contributed by atoms with Crippen molar-refractivity contribution in [2.24, 2.45) is 0 Å². The maximum absolute atomic E-state index is 11.5. The van der Waals surface area contributed by atoms with Crippen LogP contribution >= 0.6 is 15.9 Å². The summed E-state index contributed by atoms with van der Waals surface area (Å²) in [4.78, 5) is 11.5. The van der Waals surface area contributed by atoms with E-state index in [9.17, 15) is 4.79 Å². The van der Waals surface area contributed by atoms with Gasteiger partial charge in [0.2, 0.25) is 0 Å². The lowest BCUT2D eigenvalue weighted by Gasteiger charge is -2.03. The van der Waals surface area contributed by atoms with Crippen LogP contribution in [0.15, 0.2) is 22.7 Å². The summed E-state index contributed by atoms with van der Waals surface area (Å²) in [6, 6.07) is 5.21. The number of Topliss-reactive ketones (excluding diaryl/α,β-unsaturated/α-hetero) is 1. The highest BCUT2D eigenvalue weighted by molar-refractivity contribution is 9.10. The van der Waals surface area contributed by atoms with Crippen molar-refractivity contribution in [3.8, 4) is 12.3 Å². The van der Waals surface area contributed by atoms with E-state index in [-0.39, 0.29) is 5.78 Å². The van der Waals surface area contributed by atoms with Crippen LogP contribution in [-0.2, 0) is 0 Å². The van der Waals surface area contributed by atoms with Crippen LogP contribution in [0.2, 0.25) is 0 Å². The van der Waals surface area contributed by atoms with E-state index >= 15 is 0 Å². The van der Waals surface area contributed by atoms with E-state index in [1.807, 2.05) is 0 Å². The first-order valence-electron chi connectivity index (χ1n) is 4.17. The number of benzene rings is 1. The van der Waals surface area contributed by atoms with Crippen molar-refractivity contribution in [1.82, 2.24) is 0 Å². The Morgan fingerprint density at radius 1 is 1.57 bits per heavy atom. The smallest absolute Gasteiger partial charge is 0.165 e.